The van der Waals surface area contributed by atoms with E-state index >= 15 is 0 Å². The van der Waals surface area contributed by atoms with Crippen molar-refractivity contribution in [1.29, 1.82) is 0 Å². The maximum atomic E-state index is 11.8. The van der Waals surface area contributed by atoms with E-state index in [-0.39, 0.29) is 12.0 Å². The van der Waals surface area contributed by atoms with Gasteiger partial charge in [0, 0.05) is 17.2 Å². The molecule has 0 saturated heterocycles. The first kappa shape index (κ1) is 18.1. The Morgan fingerprint density at radius 3 is 2.61 bits per heavy atom. The number of ether oxygens (including phenoxy) is 2. The number of nitrogens with one attached hydrogen (secondary N) is 1. The third kappa shape index (κ3) is 6.81. The second kappa shape index (κ2) is 10.5. The van der Waals surface area contributed by atoms with Crippen molar-refractivity contribution < 1.29 is 14.3 Å². The fourth-order valence-electron chi connectivity index (χ4n) is 2.70. The predicted octanol–water partition coefficient (Wildman–Crippen LogP) is 4.53. The first-order valence-corrected chi connectivity index (χ1v) is 9.86. The summed E-state index contributed by atoms with van der Waals surface area (Å²) in [7, 11) is 0. The minimum Gasteiger partial charge on any atom is -0.485 e. The quantitative estimate of drug-likeness (QED) is 0.602. The Morgan fingerprint density at radius 1 is 1.13 bits per heavy atom. The molecule has 0 aromatic carbocycles. The van der Waals surface area contributed by atoms with E-state index < -0.39 is 0 Å². The molecule has 1 aliphatic heterocycles. The Bertz CT molecular complexity index is 461. The SMILES string of the molecule is CCCCCCCCCCC(=O)NCC1COc2cscc2O1. The van der Waals surface area contributed by atoms with Crippen LogP contribution in [-0.4, -0.2) is 25.2 Å². The third-order valence-corrected chi connectivity index (χ3v) is 4.80. The summed E-state index contributed by atoms with van der Waals surface area (Å²) in [4.78, 5) is 11.8. The van der Waals surface area contributed by atoms with E-state index in [2.05, 4.69) is 12.2 Å². The molecule has 1 unspecified atom stereocenters. The highest BCUT2D eigenvalue weighted by Gasteiger charge is 2.21. The number of carbonyl (C=O) groups excluding carboxylic acids is 1. The van der Waals surface area contributed by atoms with Crippen LogP contribution in [0.4, 0.5) is 0 Å². The minimum absolute atomic E-state index is 0.0837. The van der Waals surface area contributed by atoms with Crippen LogP contribution >= 0.6 is 11.3 Å². The number of thiophene rings is 1. The molecule has 1 aromatic rings. The van der Waals surface area contributed by atoms with E-state index in [9.17, 15) is 4.79 Å². The zero-order valence-electron chi connectivity index (χ0n) is 14.1. The molecule has 1 N–H and O–H groups in total. The molecule has 0 radical (unpaired) electrons. The smallest absolute Gasteiger partial charge is 0.220 e. The van der Waals surface area contributed by atoms with E-state index in [0.29, 0.717) is 19.6 Å². The lowest BCUT2D eigenvalue weighted by molar-refractivity contribution is -0.121. The van der Waals surface area contributed by atoms with Crippen LogP contribution in [0.15, 0.2) is 10.8 Å². The maximum absolute atomic E-state index is 11.8. The van der Waals surface area contributed by atoms with Gasteiger partial charge >= 0.3 is 0 Å². The molecule has 0 saturated carbocycles. The summed E-state index contributed by atoms with van der Waals surface area (Å²) in [5, 5.41) is 6.82. The zero-order valence-corrected chi connectivity index (χ0v) is 15.0. The first-order chi connectivity index (χ1) is 11.3. The van der Waals surface area contributed by atoms with Crippen LogP contribution in [0.5, 0.6) is 11.5 Å². The topological polar surface area (TPSA) is 47.6 Å². The number of hydrogen-bond acceptors (Lipinski definition) is 4. The molecular formula is C18H29NO3S. The van der Waals surface area contributed by atoms with Gasteiger partial charge in [-0.3, -0.25) is 4.79 Å². The maximum Gasteiger partial charge on any atom is 0.220 e. The average molecular weight is 340 g/mol. The summed E-state index contributed by atoms with van der Waals surface area (Å²) in [5.74, 6) is 1.73. The van der Waals surface area contributed by atoms with Crippen LogP contribution in [0.3, 0.4) is 0 Å². The van der Waals surface area contributed by atoms with Crippen LogP contribution in [0, 0.1) is 0 Å². The van der Waals surface area contributed by atoms with Gasteiger partial charge in [-0.25, -0.2) is 0 Å². The van der Waals surface area contributed by atoms with Gasteiger partial charge < -0.3 is 14.8 Å². The lowest BCUT2D eigenvalue weighted by Gasteiger charge is -2.24. The monoisotopic (exact) mass is 339 g/mol. The fourth-order valence-corrected chi connectivity index (χ4v) is 3.37. The van der Waals surface area contributed by atoms with Crippen LogP contribution < -0.4 is 14.8 Å². The van der Waals surface area contributed by atoms with E-state index in [1.54, 1.807) is 11.3 Å². The Balaban J connectivity index is 1.46. The van der Waals surface area contributed by atoms with Crippen molar-refractivity contribution in [3.8, 4) is 11.5 Å². The lowest BCUT2D eigenvalue weighted by Crippen LogP contribution is -2.40. The minimum atomic E-state index is -0.0837. The van der Waals surface area contributed by atoms with Gasteiger partial charge in [-0.2, -0.15) is 0 Å². The molecule has 0 aliphatic carbocycles. The van der Waals surface area contributed by atoms with E-state index in [1.807, 2.05) is 10.8 Å². The largest absolute Gasteiger partial charge is 0.485 e. The van der Waals surface area contributed by atoms with E-state index in [1.165, 1.54) is 38.5 Å². The summed E-state index contributed by atoms with van der Waals surface area (Å²) in [6, 6.07) is 0. The summed E-state index contributed by atoms with van der Waals surface area (Å²) < 4.78 is 11.4. The molecule has 4 nitrogen and oxygen atoms in total. The molecule has 1 atom stereocenters. The van der Waals surface area contributed by atoms with Crippen molar-refractivity contribution in [2.75, 3.05) is 13.2 Å². The molecule has 5 heteroatoms. The summed E-state index contributed by atoms with van der Waals surface area (Å²) in [6.07, 6.45) is 10.6. The van der Waals surface area contributed by atoms with Gasteiger partial charge in [-0.1, -0.05) is 51.9 Å². The van der Waals surface area contributed by atoms with E-state index in [4.69, 9.17) is 9.47 Å². The molecule has 1 aliphatic rings. The molecule has 1 amide bonds. The Hall–Kier alpha value is -1.23. The summed E-state index contributed by atoms with van der Waals surface area (Å²) in [5.41, 5.74) is 0. The van der Waals surface area contributed by atoms with Crippen LogP contribution in [0.2, 0.25) is 0 Å². The lowest BCUT2D eigenvalue weighted by atomic mass is 10.1. The molecule has 23 heavy (non-hydrogen) atoms. The highest BCUT2D eigenvalue weighted by Crippen LogP contribution is 2.35. The normalized spacial score (nSPS) is 16.3. The molecule has 0 fully saturated rings. The second-order valence-electron chi connectivity index (χ2n) is 6.18. The van der Waals surface area contributed by atoms with Crippen LogP contribution in [-0.2, 0) is 4.79 Å². The number of fused-ring (bicyclic) bond motifs is 1. The Labute approximate surface area is 143 Å². The van der Waals surface area contributed by atoms with Gasteiger partial charge in [0.1, 0.15) is 12.7 Å². The Kier molecular flexibility index (Phi) is 8.29. The molecule has 130 valence electrons. The molecular weight excluding hydrogens is 310 g/mol. The van der Waals surface area contributed by atoms with Crippen LogP contribution in [0.1, 0.15) is 64.7 Å². The third-order valence-electron chi connectivity index (χ3n) is 4.10. The molecule has 0 bridgehead atoms. The van der Waals surface area contributed by atoms with Gasteiger partial charge in [0.05, 0.1) is 6.54 Å². The van der Waals surface area contributed by atoms with Gasteiger partial charge in [0.2, 0.25) is 5.91 Å². The summed E-state index contributed by atoms with van der Waals surface area (Å²) >= 11 is 1.57. The second-order valence-corrected chi connectivity index (χ2v) is 6.92. The van der Waals surface area contributed by atoms with Gasteiger partial charge in [0.25, 0.3) is 0 Å². The van der Waals surface area contributed by atoms with Crippen molar-refractivity contribution >= 4 is 17.2 Å². The van der Waals surface area contributed by atoms with Gasteiger partial charge in [-0.05, 0) is 6.42 Å². The fraction of sp³-hybridized carbons (Fsp3) is 0.722. The average Bonchev–Trinajstić information content (AvgIpc) is 3.03. The molecule has 2 rings (SSSR count). The number of unbranched alkanes of at least 4 members (excludes halogenated alkanes) is 7. The van der Waals surface area contributed by atoms with Crippen LogP contribution in [0.25, 0.3) is 0 Å². The highest BCUT2D eigenvalue weighted by atomic mass is 32.1. The van der Waals surface area contributed by atoms with Crippen molar-refractivity contribution in [2.24, 2.45) is 0 Å². The molecule has 2 heterocycles. The van der Waals surface area contributed by atoms with Crippen molar-refractivity contribution in [1.82, 2.24) is 5.32 Å². The number of carbonyl (C=O) groups is 1. The van der Waals surface area contributed by atoms with Crippen molar-refractivity contribution in [3.05, 3.63) is 10.8 Å². The van der Waals surface area contributed by atoms with E-state index in [0.717, 1.165) is 24.3 Å². The number of amides is 1. The van der Waals surface area contributed by atoms with Crippen molar-refractivity contribution in [2.45, 2.75) is 70.8 Å². The molecule has 1 aromatic heterocycles. The number of rotatable bonds is 11. The van der Waals surface area contributed by atoms with Crippen molar-refractivity contribution in [3.63, 3.8) is 0 Å². The first-order valence-electron chi connectivity index (χ1n) is 8.92. The number of hydrogen-bond donors (Lipinski definition) is 1. The highest BCUT2D eigenvalue weighted by molar-refractivity contribution is 7.08. The Morgan fingerprint density at radius 2 is 1.83 bits per heavy atom. The molecule has 0 spiro atoms. The zero-order chi connectivity index (χ0) is 16.3. The van der Waals surface area contributed by atoms with Gasteiger partial charge in [0.15, 0.2) is 11.5 Å². The van der Waals surface area contributed by atoms with Gasteiger partial charge in [-0.15, -0.1) is 11.3 Å². The predicted molar refractivity (Wildman–Crippen MR) is 94.5 cm³/mol. The standard InChI is InChI=1S/C18H29NO3S/c1-2-3-4-5-6-7-8-9-10-18(20)19-11-15-12-21-16-13-23-14-17(16)22-15/h13-15H,2-12H2,1H3,(H,19,20). The summed E-state index contributed by atoms with van der Waals surface area (Å²) in [6.45, 7) is 3.26.